The van der Waals surface area contributed by atoms with Gasteiger partial charge in [0.05, 0.1) is 5.54 Å². The Morgan fingerprint density at radius 2 is 2.06 bits per heavy atom. The van der Waals surface area contributed by atoms with Crippen LogP contribution >= 0.6 is 0 Å². The zero-order valence-electron chi connectivity index (χ0n) is 9.32. The number of hydrogen-bond donors (Lipinski definition) is 0. The fourth-order valence-electron chi connectivity index (χ4n) is 1.73. The predicted octanol–water partition coefficient (Wildman–Crippen LogP) is 2.03. The Morgan fingerprint density at radius 1 is 1.31 bits per heavy atom. The van der Waals surface area contributed by atoms with Gasteiger partial charge in [-0.2, -0.15) is 4.99 Å². The summed E-state index contributed by atoms with van der Waals surface area (Å²) >= 11 is 0. The minimum Gasteiger partial charge on any atom is -0.486 e. The van der Waals surface area contributed by atoms with E-state index < -0.39 is 5.54 Å². The van der Waals surface area contributed by atoms with Gasteiger partial charge in [-0.25, -0.2) is 4.79 Å². The number of hydrogen-bond acceptors (Lipinski definition) is 4. The lowest BCUT2D eigenvalue weighted by Crippen LogP contribution is -2.21. The molecule has 0 amide bonds. The smallest absolute Gasteiger partial charge is 0.235 e. The molecule has 1 aromatic carbocycles. The van der Waals surface area contributed by atoms with Crippen LogP contribution in [-0.2, 0) is 10.3 Å². The van der Waals surface area contributed by atoms with Gasteiger partial charge in [-0.3, -0.25) is 0 Å². The normalized spacial score (nSPS) is 14.1. The molecule has 0 N–H and O–H groups in total. The molecule has 0 aromatic heterocycles. The molecular formula is C12H13NO3. The van der Waals surface area contributed by atoms with Crippen molar-refractivity contribution in [2.45, 2.75) is 19.4 Å². The highest BCUT2D eigenvalue weighted by Gasteiger charge is 2.27. The fourth-order valence-corrected chi connectivity index (χ4v) is 1.73. The Labute approximate surface area is 93.9 Å². The fraction of sp³-hybridized carbons (Fsp3) is 0.417. The van der Waals surface area contributed by atoms with Gasteiger partial charge in [-0.15, -0.1) is 0 Å². The predicted molar refractivity (Wildman–Crippen MR) is 58.6 cm³/mol. The van der Waals surface area contributed by atoms with E-state index in [9.17, 15) is 4.79 Å². The number of nitrogens with zero attached hydrogens (tertiary/aromatic N) is 1. The first-order chi connectivity index (χ1) is 7.65. The van der Waals surface area contributed by atoms with E-state index in [-0.39, 0.29) is 0 Å². The summed E-state index contributed by atoms with van der Waals surface area (Å²) in [5, 5.41) is 0. The molecule has 0 radical (unpaired) electrons. The molecule has 0 spiro atoms. The molecule has 1 aromatic rings. The summed E-state index contributed by atoms with van der Waals surface area (Å²) in [5.74, 6) is 1.38. The monoisotopic (exact) mass is 219 g/mol. The summed E-state index contributed by atoms with van der Waals surface area (Å²) < 4.78 is 11.0. The highest BCUT2D eigenvalue weighted by Crippen LogP contribution is 2.40. The Kier molecular flexibility index (Phi) is 2.67. The number of benzene rings is 1. The second-order valence-corrected chi connectivity index (χ2v) is 4.09. The molecule has 2 rings (SSSR count). The minimum atomic E-state index is -0.645. The summed E-state index contributed by atoms with van der Waals surface area (Å²) in [7, 11) is 0. The zero-order valence-corrected chi connectivity index (χ0v) is 9.32. The van der Waals surface area contributed by atoms with Crippen molar-refractivity contribution in [2.75, 3.05) is 13.2 Å². The first-order valence-corrected chi connectivity index (χ1v) is 5.13. The molecule has 0 aliphatic carbocycles. The third-order valence-corrected chi connectivity index (χ3v) is 2.55. The third-order valence-electron chi connectivity index (χ3n) is 2.55. The molecule has 0 fully saturated rings. The van der Waals surface area contributed by atoms with Crippen molar-refractivity contribution in [1.29, 1.82) is 0 Å². The quantitative estimate of drug-likeness (QED) is 0.564. The molecule has 1 aliphatic rings. The van der Waals surface area contributed by atoms with Gasteiger partial charge in [0.15, 0.2) is 11.5 Å². The van der Waals surface area contributed by atoms with Crippen LogP contribution in [0.3, 0.4) is 0 Å². The Bertz CT molecular complexity index is 448. The SMILES string of the molecule is CC(C)(N=C=O)c1cccc2c1OCCO2. The van der Waals surface area contributed by atoms with Gasteiger partial charge >= 0.3 is 0 Å². The average molecular weight is 219 g/mol. The van der Waals surface area contributed by atoms with Crippen LogP contribution in [0.15, 0.2) is 23.2 Å². The molecule has 4 nitrogen and oxygen atoms in total. The zero-order chi connectivity index (χ0) is 11.6. The number of carbonyl (C=O) groups excluding carboxylic acids is 1. The Balaban J connectivity index is 2.52. The molecular weight excluding hydrogens is 206 g/mol. The van der Waals surface area contributed by atoms with Gasteiger partial charge in [0.1, 0.15) is 13.2 Å². The summed E-state index contributed by atoms with van der Waals surface area (Å²) in [5.41, 5.74) is 0.196. The molecule has 4 heteroatoms. The lowest BCUT2D eigenvalue weighted by molar-refractivity contribution is 0.168. The number of rotatable bonds is 2. The van der Waals surface area contributed by atoms with Gasteiger partial charge < -0.3 is 9.47 Å². The Morgan fingerprint density at radius 3 is 2.81 bits per heavy atom. The molecule has 0 atom stereocenters. The topological polar surface area (TPSA) is 47.9 Å². The van der Waals surface area contributed by atoms with Crippen molar-refractivity contribution < 1.29 is 14.3 Å². The lowest BCUT2D eigenvalue weighted by Gasteiger charge is -2.26. The summed E-state index contributed by atoms with van der Waals surface area (Å²) in [6.45, 7) is 4.75. The first-order valence-electron chi connectivity index (χ1n) is 5.13. The summed E-state index contributed by atoms with van der Waals surface area (Å²) in [4.78, 5) is 14.2. The van der Waals surface area contributed by atoms with E-state index in [2.05, 4.69) is 4.99 Å². The largest absolute Gasteiger partial charge is 0.486 e. The maximum absolute atomic E-state index is 10.4. The van der Waals surface area contributed by atoms with Crippen LogP contribution in [-0.4, -0.2) is 19.3 Å². The van der Waals surface area contributed by atoms with Crippen molar-refractivity contribution in [2.24, 2.45) is 4.99 Å². The van der Waals surface area contributed by atoms with E-state index in [0.29, 0.717) is 24.7 Å². The molecule has 0 bridgehead atoms. The first kappa shape index (κ1) is 10.7. The number of isocyanates is 1. The van der Waals surface area contributed by atoms with E-state index in [1.807, 2.05) is 32.0 Å². The van der Waals surface area contributed by atoms with Gasteiger partial charge in [0, 0.05) is 5.56 Å². The molecule has 0 saturated heterocycles. The van der Waals surface area contributed by atoms with Crippen LogP contribution in [0.1, 0.15) is 19.4 Å². The van der Waals surface area contributed by atoms with Gasteiger partial charge in [-0.05, 0) is 19.9 Å². The number of fused-ring (bicyclic) bond motifs is 1. The highest BCUT2D eigenvalue weighted by atomic mass is 16.6. The van der Waals surface area contributed by atoms with Crippen molar-refractivity contribution in [3.63, 3.8) is 0 Å². The lowest BCUT2D eigenvalue weighted by atomic mass is 9.93. The number of aliphatic imine (C=N–C) groups is 1. The maximum Gasteiger partial charge on any atom is 0.235 e. The van der Waals surface area contributed by atoms with Crippen molar-refractivity contribution in [3.8, 4) is 11.5 Å². The molecule has 84 valence electrons. The van der Waals surface area contributed by atoms with Gasteiger partial charge in [0.2, 0.25) is 6.08 Å². The van der Waals surface area contributed by atoms with E-state index in [1.54, 1.807) is 6.08 Å². The van der Waals surface area contributed by atoms with Crippen molar-refractivity contribution in [1.82, 2.24) is 0 Å². The van der Waals surface area contributed by atoms with E-state index in [0.717, 1.165) is 5.56 Å². The Hall–Kier alpha value is -1.80. The average Bonchev–Trinajstić information content (AvgIpc) is 2.28. The molecule has 1 heterocycles. The number of ether oxygens (including phenoxy) is 2. The summed E-state index contributed by atoms with van der Waals surface area (Å²) in [6, 6.07) is 5.60. The molecule has 0 saturated carbocycles. The van der Waals surface area contributed by atoms with E-state index in [1.165, 1.54) is 0 Å². The van der Waals surface area contributed by atoms with Crippen LogP contribution in [0.25, 0.3) is 0 Å². The third kappa shape index (κ3) is 1.79. The van der Waals surface area contributed by atoms with E-state index >= 15 is 0 Å². The molecule has 16 heavy (non-hydrogen) atoms. The van der Waals surface area contributed by atoms with Crippen LogP contribution < -0.4 is 9.47 Å². The van der Waals surface area contributed by atoms with E-state index in [4.69, 9.17) is 9.47 Å². The van der Waals surface area contributed by atoms with Gasteiger partial charge in [0.25, 0.3) is 0 Å². The second kappa shape index (κ2) is 3.99. The van der Waals surface area contributed by atoms with Crippen LogP contribution in [0, 0.1) is 0 Å². The highest BCUT2D eigenvalue weighted by molar-refractivity contribution is 5.51. The van der Waals surface area contributed by atoms with Crippen LogP contribution in [0.2, 0.25) is 0 Å². The van der Waals surface area contributed by atoms with Gasteiger partial charge in [-0.1, -0.05) is 12.1 Å². The standard InChI is InChI=1S/C12H13NO3/c1-12(2,13-8-14)9-4-3-5-10-11(9)16-7-6-15-10/h3-5H,6-7H2,1-2H3. The second-order valence-electron chi connectivity index (χ2n) is 4.09. The number of para-hydroxylation sites is 1. The van der Waals surface area contributed by atoms with Crippen LogP contribution in [0.4, 0.5) is 0 Å². The van der Waals surface area contributed by atoms with Crippen molar-refractivity contribution >= 4 is 6.08 Å². The van der Waals surface area contributed by atoms with Crippen LogP contribution in [0.5, 0.6) is 11.5 Å². The molecule has 0 unspecified atom stereocenters. The summed E-state index contributed by atoms with van der Waals surface area (Å²) in [6.07, 6.45) is 1.59. The minimum absolute atomic E-state index is 0.519. The van der Waals surface area contributed by atoms with Crippen molar-refractivity contribution in [3.05, 3.63) is 23.8 Å². The molecule has 1 aliphatic heterocycles. The maximum atomic E-state index is 10.4.